The van der Waals surface area contributed by atoms with E-state index in [1.165, 1.54) is 0 Å². The Bertz CT molecular complexity index is 732. The fourth-order valence-corrected chi connectivity index (χ4v) is 2.79. The molecule has 0 saturated carbocycles. The summed E-state index contributed by atoms with van der Waals surface area (Å²) in [5.41, 5.74) is 1.46. The first kappa shape index (κ1) is 14.7. The number of methoxy groups -OCH3 is 1. The van der Waals surface area contributed by atoms with E-state index in [0.29, 0.717) is 11.3 Å². The van der Waals surface area contributed by atoms with Crippen molar-refractivity contribution in [1.82, 2.24) is 5.32 Å². The Kier molecular flexibility index (Phi) is 3.90. The van der Waals surface area contributed by atoms with E-state index in [1.807, 2.05) is 25.1 Å². The molecule has 0 fully saturated rings. The number of carbonyl (C=O) groups excluding carboxylic acids is 1. The Balaban J connectivity index is 1.82. The van der Waals surface area contributed by atoms with Gasteiger partial charge in [0, 0.05) is 29.5 Å². The van der Waals surface area contributed by atoms with Crippen LogP contribution in [0.25, 0.3) is 11.0 Å². The van der Waals surface area contributed by atoms with Crippen LogP contribution in [0.15, 0.2) is 34.8 Å². The van der Waals surface area contributed by atoms with Crippen LogP contribution in [0.5, 0.6) is 5.75 Å². The number of ether oxygens (including phenoxy) is 1. The van der Waals surface area contributed by atoms with Gasteiger partial charge >= 0.3 is 0 Å². The highest BCUT2D eigenvalue weighted by Gasteiger charge is 2.23. The average molecular weight is 301 g/mol. The number of benzene rings is 1. The molecule has 1 aliphatic rings. The second kappa shape index (κ2) is 5.85. The van der Waals surface area contributed by atoms with Crippen LogP contribution < -0.4 is 10.1 Å². The number of aliphatic hydroxyl groups is 1. The number of aryl methyl sites for hydroxylation is 1. The molecule has 1 amide bonds. The molecule has 1 aromatic heterocycles. The molecule has 22 heavy (non-hydrogen) atoms. The summed E-state index contributed by atoms with van der Waals surface area (Å²) in [6, 6.07) is 5.41. The topological polar surface area (TPSA) is 71.7 Å². The third-order valence-corrected chi connectivity index (χ3v) is 4.07. The van der Waals surface area contributed by atoms with Crippen LogP contribution >= 0.6 is 0 Å². The van der Waals surface area contributed by atoms with Crippen LogP contribution in [0, 0.1) is 12.8 Å². The van der Waals surface area contributed by atoms with E-state index in [4.69, 9.17) is 14.3 Å². The zero-order chi connectivity index (χ0) is 15.7. The molecule has 3 rings (SSSR count). The highest BCUT2D eigenvalue weighted by Crippen LogP contribution is 2.29. The molecular formula is C17H19NO4. The first-order valence-electron chi connectivity index (χ1n) is 7.29. The summed E-state index contributed by atoms with van der Waals surface area (Å²) < 4.78 is 10.9. The maximum atomic E-state index is 12.4. The van der Waals surface area contributed by atoms with Gasteiger partial charge in [0.15, 0.2) is 5.76 Å². The molecule has 0 aliphatic heterocycles. The summed E-state index contributed by atoms with van der Waals surface area (Å²) in [5.74, 6) is 0.934. The molecule has 1 aromatic carbocycles. The quantitative estimate of drug-likeness (QED) is 0.851. The van der Waals surface area contributed by atoms with Crippen molar-refractivity contribution in [2.45, 2.75) is 19.4 Å². The number of carbonyl (C=O) groups is 1. The molecule has 2 N–H and O–H groups in total. The molecular weight excluding hydrogens is 282 g/mol. The van der Waals surface area contributed by atoms with Gasteiger partial charge in [-0.3, -0.25) is 4.79 Å². The molecule has 2 aromatic rings. The van der Waals surface area contributed by atoms with E-state index in [-0.39, 0.29) is 24.5 Å². The number of nitrogens with one attached hydrogen (secondary N) is 1. The van der Waals surface area contributed by atoms with Gasteiger partial charge in [-0.2, -0.15) is 0 Å². The zero-order valence-corrected chi connectivity index (χ0v) is 12.6. The van der Waals surface area contributed by atoms with Crippen molar-refractivity contribution in [3.63, 3.8) is 0 Å². The fraction of sp³-hybridized carbons (Fsp3) is 0.353. The minimum atomic E-state index is -0.235. The second-order valence-corrected chi connectivity index (χ2v) is 5.56. The lowest BCUT2D eigenvalue weighted by molar-refractivity contribution is 0.0914. The van der Waals surface area contributed by atoms with Gasteiger partial charge in [-0.15, -0.1) is 0 Å². The number of rotatable bonds is 4. The molecule has 2 atom stereocenters. The van der Waals surface area contributed by atoms with Crippen molar-refractivity contribution in [1.29, 1.82) is 0 Å². The molecule has 0 saturated heterocycles. The molecule has 5 heteroatoms. The van der Waals surface area contributed by atoms with Crippen molar-refractivity contribution in [2.75, 3.05) is 13.7 Å². The number of hydrogen-bond acceptors (Lipinski definition) is 4. The number of furan rings is 1. The van der Waals surface area contributed by atoms with Gasteiger partial charge in [-0.05, 0) is 31.5 Å². The standard InChI is InChI=1S/C17H19NO4/c1-10-14-8-13(21-2)5-6-15(14)22-16(10)17(20)18-12-4-3-11(7-12)9-19/h3-6,8,11-12,19H,7,9H2,1-2H3,(H,18,20)/t11-,12+/m0/s1. The summed E-state index contributed by atoms with van der Waals surface area (Å²) >= 11 is 0. The minimum Gasteiger partial charge on any atom is -0.497 e. The van der Waals surface area contributed by atoms with Crippen LogP contribution in [-0.2, 0) is 0 Å². The Hall–Kier alpha value is -2.27. The molecule has 0 bridgehead atoms. The SMILES string of the molecule is COc1ccc2oc(C(=O)N[C@@H]3C=C[C@H](CO)C3)c(C)c2c1. The van der Waals surface area contributed by atoms with E-state index in [2.05, 4.69) is 5.32 Å². The van der Waals surface area contributed by atoms with Crippen LogP contribution in [0.3, 0.4) is 0 Å². The molecule has 0 spiro atoms. The average Bonchev–Trinajstić information content (AvgIpc) is 3.11. The number of amides is 1. The third kappa shape index (κ3) is 2.60. The fourth-order valence-electron chi connectivity index (χ4n) is 2.79. The summed E-state index contributed by atoms with van der Waals surface area (Å²) in [4.78, 5) is 12.4. The molecule has 1 heterocycles. The van der Waals surface area contributed by atoms with Gasteiger partial charge in [0.05, 0.1) is 7.11 Å². The zero-order valence-electron chi connectivity index (χ0n) is 12.6. The molecule has 0 unspecified atom stereocenters. The molecule has 0 radical (unpaired) electrons. The molecule has 1 aliphatic carbocycles. The van der Waals surface area contributed by atoms with Crippen molar-refractivity contribution < 1.29 is 19.1 Å². The second-order valence-electron chi connectivity index (χ2n) is 5.56. The number of aliphatic hydroxyl groups excluding tert-OH is 1. The smallest absolute Gasteiger partial charge is 0.287 e. The first-order valence-corrected chi connectivity index (χ1v) is 7.29. The lowest BCUT2D eigenvalue weighted by atomic mass is 10.1. The van der Waals surface area contributed by atoms with E-state index >= 15 is 0 Å². The number of hydrogen-bond donors (Lipinski definition) is 2. The Morgan fingerprint density at radius 2 is 2.27 bits per heavy atom. The lowest BCUT2D eigenvalue weighted by Gasteiger charge is -2.11. The molecule has 116 valence electrons. The predicted octanol–water partition coefficient (Wildman–Crippen LogP) is 2.42. The van der Waals surface area contributed by atoms with E-state index in [0.717, 1.165) is 23.1 Å². The summed E-state index contributed by atoms with van der Waals surface area (Å²) in [6.07, 6.45) is 4.57. The van der Waals surface area contributed by atoms with Gasteiger partial charge in [0.1, 0.15) is 11.3 Å². The Morgan fingerprint density at radius 1 is 1.45 bits per heavy atom. The van der Waals surface area contributed by atoms with Crippen LogP contribution in [0.1, 0.15) is 22.5 Å². The lowest BCUT2D eigenvalue weighted by Crippen LogP contribution is -2.33. The monoisotopic (exact) mass is 301 g/mol. The van der Waals surface area contributed by atoms with Gasteiger partial charge in [-0.1, -0.05) is 12.2 Å². The summed E-state index contributed by atoms with van der Waals surface area (Å²) in [6.45, 7) is 1.97. The summed E-state index contributed by atoms with van der Waals surface area (Å²) in [7, 11) is 1.61. The van der Waals surface area contributed by atoms with E-state index in [9.17, 15) is 4.79 Å². The minimum absolute atomic E-state index is 0.0631. The van der Waals surface area contributed by atoms with Crippen LogP contribution in [0.4, 0.5) is 0 Å². The maximum absolute atomic E-state index is 12.4. The van der Waals surface area contributed by atoms with Crippen LogP contribution in [-0.4, -0.2) is 30.8 Å². The maximum Gasteiger partial charge on any atom is 0.287 e. The first-order chi connectivity index (χ1) is 10.6. The van der Waals surface area contributed by atoms with Crippen LogP contribution in [0.2, 0.25) is 0 Å². The van der Waals surface area contributed by atoms with Gasteiger partial charge in [0.25, 0.3) is 5.91 Å². The number of fused-ring (bicyclic) bond motifs is 1. The highest BCUT2D eigenvalue weighted by molar-refractivity contribution is 5.99. The summed E-state index contributed by atoms with van der Waals surface area (Å²) in [5, 5.41) is 12.9. The van der Waals surface area contributed by atoms with E-state index < -0.39 is 0 Å². The molecule has 5 nitrogen and oxygen atoms in total. The van der Waals surface area contributed by atoms with Gasteiger partial charge < -0.3 is 19.6 Å². The largest absolute Gasteiger partial charge is 0.497 e. The van der Waals surface area contributed by atoms with Gasteiger partial charge in [0.2, 0.25) is 0 Å². The van der Waals surface area contributed by atoms with Crippen molar-refractivity contribution in [2.24, 2.45) is 5.92 Å². The highest BCUT2D eigenvalue weighted by atomic mass is 16.5. The van der Waals surface area contributed by atoms with E-state index in [1.54, 1.807) is 19.2 Å². The van der Waals surface area contributed by atoms with Gasteiger partial charge in [-0.25, -0.2) is 0 Å². The normalized spacial score (nSPS) is 20.5. The van der Waals surface area contributed by atoms with Crippen molar-refractivity contribution >= 4 is 16.9 Å². The Labute approximate surface area is 128 Å². The van der Waals surface area contributed by atoms with Crippen molar-refractivity contribution in [3.8, 4) is 5.75 Å². The Morgan fingerprint density at radius 3 is 2.95 bits per heavy atom. The third-order valence-electron chi connectivity index (χ3n) is 4.07. The van der Waals surface area contributed by atoms with Crippen molar-refractivity contribution in [3.05, 3.63) is 41.7 Å². The predicted molar refractivity (Wildman–Crippen MR) is 83.1 cm³/mol.